The van der Waals surface area contributed by atoms with Crippen molar-refractivity contribution in [2.75, 3.05) is 6.61 Å². The first-order chi connectivity index (χ1) is 16.2. The van der Waals surface area contributed by atoms with Gasteiger partial charge in [-0.3, -0.25) is 0 Å². The molecule has 2 fully saturated rings. The van der Waals surface area contributed by atoms with E-state index in [0.29, 0.717) is 0 Å². The molecule has 1 nitrogen and oxygen atoms in total. The van der Waals surface area contributed by atoms with E-state index in [1.807, 2.05) is 0 Å². The van der Waals surface area contributed by atoms with Gasteiger partial charge in [-0.1, -0.05) is 103 Å². The third-order valence-electron chi connectivity index (χ3n) is 8.87. The second kappa shape index (κ2) is 15.1. The quantitative estimate of drug-likeness (QED) is 0.254. The van der Waals surface area contributed by atoms with Gasteiger partial charge in [0.25, 0.3) is 0 Å². The zero-order chi connectivity index (χ0) is 23.3. The standard InChI is InChI=1S/C32H54O/c1-4-6-7-8-9-10-11-13-28-18-20-30(21-19-28)31-22-23-32(26(3)24-31)33-25-29-16-14-27(12-5-2)15-17-29/h22-24,27-30H,4-21,25H2,1-3H3. The maximum Gasteiger partial charge on any atom is 0.122 e. The second-order valence-corrected chi connectivity index (χ2v) is 11.6. The van der Waals surface area contributed by atoms with Gasteiger partial charge in [0.1, 0.15) is 5.75 Å². The first-order valence-electron chi connectivity index (χ1n) is 14.9. The maximum atomic E-state index is 6.32. The number of aryl methyl sites for hydroxylation is 1. The van der Waals surface area contributed by atoms with Crippen LogP contribution in [0.15, 0.2) is 18.2 Å². The Labute approximate surface area is 206 Å². The van der Waals surface area contributed by atoms with Crippen molar-refractivity contribution in [3.05, 3.63) is 29.3 Å². The molecule has 2 aliphatic rings. The molecule has 0 unspecified atom stereocenters. The average Bonchev–Trinajstić information content (AvgIpc) is 2.84. The maximum absolute atomic E-state index is 6.32. The lowest BCUT2D eigenvalue weighted by Crippen LogP contribution is -2.20. The van der Waals surface area contributed by atoms with Crippen molar-refractivity contribution in [1.82, 2.24) is 0 Å². The van der Waals surface area contributed by atoms with E-state index in [1.54, 1.807) is 5.56 Å². The number of ether oxygens (including phenoxy) is 1. The zero-order valence-electron chi connectivity index (χ0n) is 22.4. The van der Waals surface area contributed by atoms with Crippen molar-refractivity contribution in [1.29, 1.82) is 0 Å². The van der Waals surface area contributed by atoms with Crippen molar-refractivity contribution < 1.29 is 4.74 Å². The molecule has 0 amide bonds. The lowest BCUT2D eigenvalue weighted by Gasteiger charge is -2.30. The van der Waals surface area contributed by atoms with Gasteiger partial charge in [0, 0.05) is 0 Å². The highest BCUT2D eigenvalue weighted by atomic mass is 16.5. The molecule has 0 aromatic heterocycles. The van der Waals surface area contributed by atoms with Crippen LogP contribution in [0.4, 0.5) is 0 Å². The Morgan fingerprint density at radius 1 is 0.667 bits per heavy atom. The van der Waals surface area contributed by atoms with E-state index in [1.165, 1.54) is 121 Å². The third kappa shape index (κ3) is 9.29. The van der Waals surface area contributed by atoms with Crippen LogP contribution in [0.3, 0.4) is 0 Å². The number of hydrogen-bond acceptors (Lipinski definition) is 1. The van der Waals surface area contributed by atoms with Crippen LogP contribution < -0.4 is 4.74 Å². The van der Waals surface area contributed by atoms with Gasteiger partial charge in [0.15, 0.2) is 0 Å². The summed E-state index contributed by atoms with van der Waals surface area (Å²) in [5, 5.41) is 0. The van der Waals surface area contributed by atoms with E-state index in [9.17, 15) is 0 Å². The molecule has 0 aliphatic heterocycles. The van der Waals surface area contributed by atoms with Gasteiger partial charge >= 0.3 is 0 Å². The highest BCUT2D eigenvalue weighted by molar-refractivity contribution is 5.37. The molecule has 3 rings (SSSR count). The van der Waals surface area contributed by atoms with E-state index >= 15 is 0 Å². The second-order valence-electron chi connectivity index (χ2n) is 11.6. The summed E-state index contributed by atoms with van der Waals surface area (Å²) in [5.41, 5.74) is 2.91. The van der Waals surface area contributed by atoms with Gasteiger partial charge in [-0.25, -0.2) is 0 Å². The minimum Gasteiger partial charge on any atom is -0.493 e. The smallest absolute Gasteiger partial charge is 0.122 e. The summed E-state index contributed by atoms with van der Waals surface area (Å²) in [5.74, 6) is 4.65. The fourth-order valence-corrected chi connectivity index (χ4v) is 6.57. The van der Waals surface area contributed by atoms with E-state index < -0.39 is 0 Å². The van der Waals surface area contributed by atoms with Crippen LogP contribution >= 0.6 is 0 Å². The Balaban J connectivity index is 1.33. The molecular formula is C32H54O. The number of rotatable bonds is 14. The molecule has 33 heavy (non-hydrogen) atoms. The average molecular weight is 455 g/mol. The predicted octanol–water partition coefficient (Wildman–Crippen LogP) is 10.4. The Morgan fingerprint density at radius 2 is 1.27 bits per heavy atom. The molecule has 2 aliphatic carbocycles. The molecule has 2 saturated carbocycles. The lowest BCUT2D eigenvalue weighted by molar-refractivity contribution is 0.178. The van der Waals surface area contributed by atoms with Crippen LogP contribution in [-0.4, -0.2) is 6.61 Å². The molecule has 188 valence electrons. The molecule has 0 saturated heterocycles. The van der Waals surface area contributed by atoms with Crippen molar-refractivity contribution >= 4 is 0 Å². The van der Waals surface area contributed by atoms with E-state index in [4.69, 9.17) is 4.74 Å². The first-order valence-corrected chi connectivity index (χ1v) is 14.9. The summed E-state index contributed by atoms with van der Waals surface area (Å²) < 4.78 is 6.32. The van der Waals surface area contributed by atoms with Gasteiger partial charge in [0.05, 0.1) is 6.61 Å². The molecule has 0 radical (unpaired) electrons. The summed E-state index contributed by atoms with van der Waals surface area (Å²) in [6.07, 6.45) is 25.6. The molecular weight excluding hydrogens is 400 g/mol. The first kappa shape index (κ1) is 26.6. The van der Waals surface area contributed by atoms with E-state index in [-0.39, 0.29) is 0 Å². The fraction of sp³-hybridized carbons (Fsp3) is 0.812. The van der Waals surface area contributed by atoms with Gasteiger partial charge in [-0.2, -0.15) is 0 Å². The van der Waals surface area contributed by atoms with Gasteiger partial charge in [-0.15, -0.1) is 0 Å². The van der Waals surface area contributed by atoms with Gasteiger partial charge in [-0.05, 0) is 86.3 Å². The van der Waals surface area contributed by atoms with Crippen LogP contribution in [0, 0.1) is 24.7 Å². The Bertz CT molecular complexity index is 634. The Kier molecular flexibility index (Phi) is 12.2. The number of unbranched alkanes of at least 4 members (excludes halogenated alkanes) is 6. The lowest BCUT2D eigenvalue weighted by atomic mass is 9.77. The molecule has 1 heteroatoms. The Morgan fingerprint density at radius 3 is 1.94 bits per heavy atom. The molecule has 0 bridgehead atoms. The van der Waals surface area contributed by atoms with Crippen molar-refractivity contribution in [3.8, 4) is 5.75 Å². The third-order valence-corrected chi connectivity index (χ3v) is 8.87. The summed E-state index contributed by atoms with van der Waals surface area (Å²) >= 11 is 0. The largest absolute Gasteiger partial charge is 0.493 e. The molecule has 0 spiro atoms. The highest BCUT2D eigenvalue weighted by Crippen LogP contribution is 2.39. The summed E-state index contributed by atoms with van der Waals surface area (Å²) in [6, 6.07) is 7.09. The zero-order valence-corrected chi connectivity index (χ0v) is 22.4. The molecule has 0 atom stereocenters. The minimum atomic E-state index is 0.767. The van der Waals surface area contributed by atoms with E-state index in [2.05, 4.69) is 39.0 Å². The summed E-state index contributed by atoms with van der Waals surface area (Å²) in [6.45, 7) is 7.80. The van der Waals surface area contributed by atoms with Crippen LogP contribution in [-0.2, 0) is 0 Å². The van der Waals surface area contributed by atoms with Crippen molar-refractivity contribution in [2.45, 2.75) is 142 Å². The number of benzene rings is 1. The summed E-state index contributed by atoms with van der Waals surface area (Å²) in [7, 11) is 0. The van der Waals surface area contributed by atoms with Crippen LogP contribution in [0.2, 0.25) is 0 Å². The predicted molar refractivity (Wildman–Crippen MR) is 144 cm³/mol. The molecule has 1 aromatic rings. The summed E-state index contributed by atoms with van der Waals surface area (Å²) in [4.78, 5) is 0. The van der Waals surface area contributed by atoms with Crippen molar-refractivity contribution in [3.63, 3.8) is 0 Å². The van der Waals surface area contributed by atoms with Crippen LogP contribution in [0.5, 0.6) is 5.75 Å². The van der Waals surface area contributed by atoms with Crippen LogP contribution in [0.25, 0.3) is 0 Å². The topological polar surface area (TPSA) is 9.23 Å². The monoisotopic (exact) mass is 454 g/mol. The fourth-order valence-electron chi connectivity index (χ4n) is 6.57. The van der Waals surface area contributed by atoms with Gasteiger partial charge in [0.2, 0.25) is 0 Å². The van der Waals surface area contributed by atoms with Crippen molar-refractivity contribution in [2.24, 2.45) is 17.8 Å². The van der Waals surface area contributed by atoms with Crippen LogP contribution in [0.1, 0.15) is 146 Å². The molecule has 0 N–H and O–H groups in total. The van der Waals surface area contributed by atoms with Gasteiger partial charge < -0.3 is 4.74 Å². The van der Waals surface area contributed by atoms with E-state index in [0.717, 1.165) is 36.0 Å². The number of hydrogen-bond donors (Lipinski definition) is 0. The minimum absolute atomic E-state index is 0.767. The molecule has 0 heterocycles. The Hall–Kier alpha value is -0.980. The SMILES string of the molecule is CCCCCCCCCC1CCC(c2ccc(OCC3CCC(CCC)CC3)c(C)c2)CC1. The molecule has 1 aromatic carbocycles. The highest BCUT2D eigenvalue weighted by Gasteiger charge is 2.23. The normalized spacial score (nSPS) is 25.8.